The van der Waals surface area contributed by atoms with Crippen LogP contribution in [-0.2, 0) is 21.3 Å². The normalized spacial score (nSPS) is 28.0. The number of benzene rings is 3. The minimum Gasteiger partial charge on any atom is -0.508 e. The molecule has 7 N–H and O–H groups in total. The van der Waals surface area contributed by atoms with Gasteiger partial charge in [-0.15, -0.1) is 0 Å². The minimum absolute atomic E-state index is 0.0388. The fourth-order valence-corrected chi connectivity index (χ4v) is 8.33. The zero-order valence-corrected chi connectivity index (χ0v) is 25.6. The average molecular weight is 634 g/mol. The Bertz CT molecular complexity index is 1650. The number of aliphatic hydroxyl groups excluding tert-OH is 1. The van der Waals surface area contributed by atoms with Crippen LogP contribution in [0.5, 0.6) is 11.5 Å². The Morgan fingerprint density at radius 2 is 1.60 bits per heavy atom. The van der Waals surface area contributed by atoms with Crippen LogP contribution in [0.1, 0.15) is 66.2 Å². The zero-order chi connectivity index (χ0) is 31.7. The molecule has 3 aromatic rings. The molecule has 1 fully saturated rings. The van der Waals surface area contributed by atoms with Crippen LogP contribution in [0.4, 0.5) is 0 Å². The number of fused-ring (bicyclic) bond motifs is 2. The summed E-state index contributed by atoms with van der Waals surface area (Å²) in [6.07, 6.45) is 2.72. The number of hydrogen-bond donors (Lipinski definition) is 5. The molecule has 5 aliphatic heterocycles. The number of allylic oxidation sites excluding steroid dienone is 1. The summed E-state index contributed by atoms with van der Waals surface area (Å²) in [4.78, 5) is 4.31. The topological polar surface area (TPSA) is 178 Å². The molecular formula is C34H39N3O7S. The van der Waals surface area contributed by atoms with E-state index in [1.807, 2.05) is 42.5 Å². The number of aliphatic imine (C=N–C) groups is 1. The average Bonchev–Trinajstić information content (AvgIpc) is 3.14. The first-order valence-electron chi connectivity index (χ1n) is 15.3. The van der Waals surface area contributed by atoms with Crippen LogP contribution in [-0.4, -0.2) is 47.1 Å². The van der Waals surface area contributed by atoms with Crippen molar-refractivity contribution < 1.29 is 32.7 Å². The monoisotopic (exact) mass is 633 g/mol. The van der Waals surface area contributed by atoms with E-state index in [0.717, 1.165) is 27.8 Å². The molecule has 0 radical (unpaired) electrons. The van der Waals surface area contributed by atoms with Crippen LogP contribution in [0.3, 0.4) is 0 Å². The number of phenolic OH excluding ortho intramolecular Hbond substituents is 1. The summed E-state index contributed by atoms with van der Waals surface area (Å²) in [6, 6.07) is 21.8. The van der Waals surface area contributed by atoms with E-state index in [9.17, 15) is 23.2 Å². The highest BCUT2D eigenvalue weighted by Crippen LogP contribution is 2.52. The van der Waals surface area contributed by atoms with Gasteiger partial charge in [-0.2, -0.15) is 8.42 Å². The number of phenols is 1. The van der Waals surface area contributed by atoms with E-state index >= 15 is 0 Å². The highest BCUT2D eigenvalue weighted by atomic mass is 32.2. The molecule has 6 aliphatic rings. The molecule has 6 bridgehead atoms. The largest absolute Gasteiger partial charge is 0.508 e. The first-order chi connectivity index (χ1) is 21.6. The lowest BCUT2D eigenvalue weighted by Gasteiger charge is -2.40. The van der Waals surface area contributed by atoms with E-state index in [1.165, 1.54) is 0 Å². The van der Waals surface area contributed by atoms with E-state index in [4.69, 9.17) is 20.9 Å². The van der Waals surface area contributed by atoms with Gasteiger partial charge in [-0.25, -0.2) is 4.99 Å². The van der Waals surface area contributed by atoms with Gasteiger partial charge in [0, 0.05) is 18.1 Å². The maximum absolute atomic E-state index is 13.2. The number of aliphatic hydroxyl groups is 1. The molecule has 0 spiro atoms. The first-order valence-corrected chi connectivity index (χ1v) is 16.8. The third kappa shape index (κ3) is 6.86. The van der Waals surface area contributed by atoms with Gasteiger partial charge in [0.1, 0.15) is 17.6 Å². The highest BCUT2D eigenvalue weighted by Gasteiger charge is 2.46. The summed E-state index contributed by atoms with van der Waals surface area (Å²) in [5, 5.41) is 18.8. The molecule has 0 saturated carbocycles. The van der Waals surface area contributed by atoms with Gasteiger partial charge in [0.05, 0.1) is 11.4 Å². The number of aryl methyl sites for hydroxylation is 1. The fourth-order valence-electron chi connectivity index (χ4n) is 7.26. The molecule has 0 amide bonds. The number of aromatic hydroxyl groups is 1. The summed E-state index contributed by atoms with van der Waals surface area (Å²) in [5.74, 6) is -0.304. The van der Waals surface area contributed by atoms with Crippen molar-refractivity contribution in [3.05, 3.63) is 107 Å². The van der Waals surface area contributed by atoms with Crippen LogP contribution >= 0.6 is 0 Å². The number of guanidine groups is 1. The number of nitrogens with two attached hydrogens (primary N) is 2. The zero-order valence-electron chi connectivity index (χ0n) is 24.8. The van der Waals surface area contributed by atoms with Crippen molar-refractivity contribution in [1.82, 2.24) is 0 Å². The van der Waals surface area contributed by atoms with Crippen molar-refractivity contribution in [2.45, 2.75) is 61.7 Å². The molecule has 5 heterocycles. The maximum Gasteiger partial charge on any atom is 0.268 e. The van der Waals surface area contributed by atoms with Crippen molar-refractivity contribution in [2.24, 2.45) is 28.3 Å². The Morgan fingerprint density at radius 3 is 2.24 bits per heavy atom. The molecule has 7 unspecified atom stereocenters. The van der Waals surface area contributed by atoms with Crippen LogP contribution in [0, 0.1) is 11.8 Å². The third-order valence-electron chi connectivity index (χ3n) is 9.28. The Labute approximate surface area is 263 Å². The summed E-state index contributed by atoms with van der Waals surface area (Å²) in [5.41, 5.74) is 15.8. The molecule has 45 heavy (non-hydrogen) atoms. The van der Waals surface area contributed by atoms with Crippen LogP contribution in [0.2, 0.25) is 0 Å². The van der Waals surface area contributed by atoms with Crippen molar-refractivity contribution in [1.29, 1.82) is 0 Å². The van der Waals surface area contributed by atoms with Gasteiger partial charge in [-0.05, 0) is 90.5 Å². The summed E-state index contributed by atoms with van der Waals surface area (Å²) in [6.45, 7) is -0.0556. The predicted octanol–water partition coefficient (Wildman–Crippen LogP) is 4.50. The first kappa shape index (κ1) is 31.1. The molecule has 1 saturated heterocycles. The molecule has 7 atom stereocenters. The van der Waals surface area contributed by atoms with Crippen molar-refractivity contribution in [3.8, 4) is 11.5 Å². The molecule has 1 aliphatic carbocycles. The smallest absolute Gasteiger partial charge is 0.268 e. The van der Waals surface area contributed by atoms with E-state index in [0.29, 0.717) is 31.4 Å². The van der Waals surface area contributed by atoms with Gasteiger partial charge in [0.25, 0.3) is 10.1 Å². The second-order valence-corrected chi connectivity index (χ2v) is 13.8. The van der Waals surface area contributed by atoms with Gasteiger partial charge < -0.3 is 31.2 Å². The summed E-state index contributed by atoms with van der Waals surface area (Å²) < 4.78 is 50.0. The molecule has 3 aromatic carbocycles. The molecule has 0 aromatic heterocycles. The molecule has 9 rings (SSSR count). The van der Waals surface area contributed by atoms with E-state index < -0.39 is 33.6 Å². The van der Waals surface area contributed by atoms with Crippen LogP contribution in [0.15, 0.2) is 89.4 Å². The SMILES string of the molecule is NC(N)=NC1Oc2ccc(cc2)CCC(S(=O)(=O)O)C2C=C3CC(CC(CCO)OC3c3ccc(O)cc3)C2c2ccc1cc2. The Kier molecular flexibility index (Phi) is 8.87. The third-order valence-corrected chi connectivity index (χ3v) is 10.6. The predicted molar refractivity (Wildman–Crippen MR) is 170 cm³/mol. The minimum atomic E-state index is -4.48. The molecular weight excluding hydrogens is 594 g/mol. The second-order valence-electron chi connectivity index (χ2n) is 12.2. The summed E-state index contributed by atoms with van der Waals surface area (Å²) in [7, 11) is -4.48. The van der Waals surface area contributed by atoms with E-state index in [2.05, 4.69) is 4.99 Å². The quantitative estimate of drug-likeness (QED) is 0.117. The van der Waals surface area contributed by atoms with E-state index in [-0.39, 0.29) is 42.7 Å². The van der Waals surface area contributed by atoms with Crippen LogP contribution < -0.4 is 16.2 Å². The molecule has 10 nitrogen and oxygen atoms in total. The lowest BCUT2D eigenvalue weighted by atomic mass is 9.66. The van der Waals surface area contributed by atoms with Gasteiger partial charge >= 0.3 is 0 Å². The van der Waals surface area contributed by atoms with Crippen molar-refractivity contribution in [3.63, 3.8) is 0 Å². The lowest BCUT2D eigenvalue weighted by Crippen LogP contribution is -2.38. The van der Waals surface area contributed by atoms with Gasteiger partial charge in [-0.3, -0.25) is 4.55 Å². The van der Waals surface area contributed by atoms with Crippen molar-refractivity contribution >= 4 is 16.1 Å². The lowest BCUT2D eigenvalue weighted by molar-refractivity contribution is -0.00769. The molecule has 238 valence electrons. The van der Waals surface area contributed by atoms with Crippen molar-refractivity contribution in [2.75, 3.05) is 6.61 Å². The molecule has 11 heteroatoms. The highest BCUT2D eigenvalue weighted by molar-refractivity contribution is 7.86. The maximum atomic E-state index is 13.2. The standard InChI is InChI=1S/C34H39N3O7S/c35-34(36)37-33-23-6-4-21(5-7-23)31-24-17-25(32(43-28(18-24)15-16-38)22-8-10-26(39)11-9-22)19-29(31)30(45(40,41)42)14-3-20-1-12-27(44-33)13-2-20/h1-2,4-13,19,24,28-33,38-39H,3,14-18H2,(H4,35,36,37)(H,40,41,42). The Morgan fingerprint density at radius 1 is 0.933 bits per heavy atom. The number of rotatable bonds is 5. The second kappa shape index (κ2) is 12.8. The number of hydrogen-bond acceptors (Lipinski definition) is 7. The van der Waals surface area contributed by atoms with Crippen LogP contribution in [0.25, 0.3) is 0 Å². The van der Waals surface area contributed by atoms with Gasteiger partial charge in [0.2, 0.25) is 6.23 Å². The Balaban J connectivity index is 1.52. The number of ether oxygens (including phenoxy) is 2. The van der Waals surface area contributed by atoms with Gasteiger partial charge in [-0.1, -0.05) is 54.6 Å². The Hall–Kier alpha value is -3.90. The van der Waals surface area contributed by atoms with Gasteiger partial charge in [0.15, 0.2) is 5.96 Å². The fraction of sp³-hybridized carbons (Fsp3) is 0.382. The number of nitrogens with zero attached hydrogens (tertiary/aromatic N) is 1. The summed E-state index contributed by atoms with van der Waals surface area (Å²) >= 11 is 0. The van der Waals surface area contributed by atoms with E-state index in [1.54, 1.807) is 36.4 Å².